The van der Waals surface area contributed by atoms with Gasteiger partial charge in [0.2, 0.25) is 0 Å². The summed E-state index contributed by atoms with van der Waals surface area (Å²) >= 11 is 0. The minimum absolute atomic E-state index is 0.189. The van der Waals surface area contributed by atoms with E-state index in [1.807, 2.05) is 7.11 Å². The molecule has 6 aliphatic rings. The second-order valence-electron chi connectivity index (χ2n) is 11.3. The van der Waals surface area contributed by atoms with Gasteiger partial charge >= 0.3 is 0 Å². The fourth-order valence-electron chi connectivity index (χ4n) is 7.11. The van der Waals surface area contributed by atoms with E-state index < -0.39 is 0 Å². The van der Waals surface area contributed by atoms with Crippen LogP contribution in [0.15, 0.2) is 0 Å². The number of hydrogen-bond donors (Lipinski definition) is 0. The predicted molar refractivity (Wildman–Crippen MR) is 121 cm³/mol. The Bertz CT molecular complexity index is 613. The topological polar surface area (TPSA) is 73.8 Å². The molecule has 3 saturated carbocycles. The fourth-order valence-corrected chi connectivity index (χ4v) is 7.11. The van der Waals surface area contributed by atoms with Crippen LogP contribution in [0.25, 0.3) is 0 Å². The summed E-state index contributed by atoms with van der Waals surface area (Å²) in [6, 6.07) is 0. The van der Waals surface area contributed by atoms with E-state index >= 15 is 0 Å². The zero-order valence-corrected chi connectivity index (χ0v) is 20.5. The molecule has 6 fully saturated rings. The Hall–Kier alpha value is -0.320. The van der Waals surface area contributed by atoms with Crippen molar-refractivity contribution in [3.05, 3.63) is 0 Å². The Balaban J connectivity index is 1.08. The smallest absolute Gasteiger partial charge is 0.166 e. The molecule has 3 heterocycles. The van der Waals surface area contributed by atoms with Crippen LogP contribution in [0.1, 0.15) is 77.0 Å². The molecule has 0 radical (unpaired) electrons. The molecule has 0 aromatic rings. The van der Waals surface area contributed by atoms with Gasteiger partial charge in [0.15, 0.2) is 18.9 Å². The molecule has 8 unspecified atom stereocenters. The van der Waals surface area contributed by atoms with Crippen molar-refractivity contribution in [2.24, 2.45) is 17.8 Å². The molecule has 3 aliphatic heterocycles. The predicted octanol–water partition coefficient (Wildman–Crippen LogP) is 4.10. The normalized spacial score (nSPS) is 49.5. The fraction of sp³-hybridized carbons (Fsp3) is 1.00. The van der Waals surface area contributed by atoms with E-state index in [2.05, 4.69) is 0 Å². The monoisotopic (exact) mass is 482 g/mol. The van der Waals surface area contributed by atoms with Crippen LogP contribution in [0.4, 0.5) is 0 Å². The molecule has 194 valence electrons. The molecule has 34 heavy (non-hydrogen) atoms. The van der Waals surface area contributed by atoms with Crippen molar-refractivity contribution >= 4 is 0 Å². The number of ether oxygens (including phenoxy) is 8. The molecule has 0 aromatic heterocycles. The van der Waals surface area contributed by atoms with Crippen molar-refractivity contribution in [3.8, 4) is 0 Å². The SMILES string of the molecule is COC1CCC(C2OC(CC3CCC4OCOC4C3)OC(CC3CCC4OCOC4C3)O2)CC1. The second kappa shape index (κ2) is 11.0. The van der Waals surface area contributed by atoms with Gasteiger partial charge in [-0.3, -0.25) is 0 Å². The highest BCUT2D eigenvalue weighted by Gasteiger charge is 2.43. The molecule has 6 rings (SSSR count). The van der Waals surface area contributed by atoms with Crippen molar-refractivity contribution in [3.63, 3.8) is 0 Å². The largest absolute Gasteiger partial charge is 0.381 e. The molecule has 8 heteroatoms. The van der Waals surface area contributed by atoms with E-state index in [0.29, 0.717) is 37.4 Å². The number of hydrogen-bond acceptors (Lipinski definition) is 8. The van der Waals surface area contributed by atoms with Gasteiger partial charge in [-0.2, -0.15) is 0 Å². The molecule has 8 nitrogen and oxygen atoms in total. The number of rotatable bonds is 6. The average Bonchev–Trinajstić information content (AvgIpc) is 3.53. The van der Waals surface area contributed by atoms with Crippen molar-refractivity contribution in [2.45, 2.75) is 126 Å². The van der Waals surface area contributed by atoms with Crippen LogP contribution in [0.5, 0.6) is 0 Å². The number of fused-ring (bicyclic) bond motifs is 2. The van der Waals surface area contributed by atoms with Gasteiger partial charge < -0.3 is 37.9 Å². The lowest BCUT2D eigenvalue weighted by atomic mass is 9.82. The summed E-state index contributed by atoms with van der Waals surface area (Å²) in [5.74, 6) is 1.48. The van der Waals surface area contributed by atoms with Crippen LogP contribution < -0.4 is 0 Å². The quantitative estimate of drug-likeness (QED) is 0.560. The van der Waals surface area contributed by atoms with Gasteiger partial charge in [0.25, 0.3) is 0 Å². The Morgan fingerprint density at radius 3 is 1.65 bits per heavy atom. The summed E-state index contributed by atoms with van der Waals surface area (Å²) in [7, 11) is 1.82. The Labute approximate surface area is 203 Å². The van der Waals surface area contributed by atoms with E-state index in [-0.39, 0.29) is 43.3 Å². The molecule has 3 aliphatic carbocycles. The summed E-state index contributed by atoms with van der Waals surface area (Å²) in [5, 5.41) is 0. The maximum Gasteiger partial charge on any atom is 0.166 e. The van der Waals surface area contributed by atoms with Crippen molar-refractivity contribution in [1.82, 2.24) is 0 Å². The first-order valence-corrected chi connectivity index (χ1v) is 13.7. The summed E-state index contributed by atoms with van der Waals surface area (Å²) < 4.78 is 48.1. The van der Waals surface area contributed by atoms with Crippen molar-refractivity contribution in [2.75, 3.05) is 20.7 Å². The van der Waals surface area contributed by atoms with Crippen LogP contribution in [0.3, 0.4) is 0 Å². The molecular formula is C26H42O8. The summed E-state index contributed by atoms with van der Waals surface area (Å²) in [5.41, 5.74) is 0. The standard InChI is InChI=1S/C26H42O8/c1-27-19-6-4-18(5-7-19)26-33-24(12-16-2-8-20-22(10-16)30-14-28-20)32-25(34-26)13-17-3-9-21-23(11-17)31-15-29-21/h16-26H,2-15H2,1H3. The van der Waals surface area contributed by atoms with Crippen LogP contribution in [-0.4, -0.2) is 70.1 Å². The highest BCUT2D eigenvalue weighted by atomic mass is 16.9. The van der Waals surface area contributed by atoms with Crippen molar-refractivity contribution < 1.29 is 37.9 Å². The molecule has 0 aromatic carbocycles. The Morgan fingerprint density at radius 1 is 0.588 bits per heavy atom. The van der Waals surface area contributed by atoms with Crippen LogP contribution >= 0.6 is 0 Å². The first kappa shape index (κ1) is 24.0. The zero-order chi connectivity index (χ0) is 22.9. The first-order valence-electron chi connectivity index (χ1n) is 13.7. The maximum atomic E-state index is 6.50. The van der Waals surface area contributed by atoms with E-state index in [1.165, 1.54) is 0 Å². The van der Waals surface area contributed by atoms with Crippen LogP contribution in [-0.2, 0) is 37.9 Å². The average molecular weight is 483 g/mol. The molecule has 0 bridgehead atoms. The van der Waals surface area contributed by atoms with Gasteiger partial charge in [-0.05, 0) is 76.0 Å². The molecule has 0 spiro atoms. The van der Waals surface area contributed by atoms with E-state index in [1.54, 1.807) is 0 Å². The molecule has 0 amide bonds. The lowest BCUT2D eigenvalue weighted by Crippen LogP contribution is -2.47. The lowest BCUT2D eigenvalue weighted by molar-refractivity contribution is -0.401. The van der Waals surface area contributed by atoms with Crippen LogP contribution in [0, 0.1) is 17.8 Å². The highest BCUT2D eigenvalue weighted by molar-refractivity contribution is 4.87. The summed E-state index contributed by atoms with van der Waals surface area (Å²) in [6.45, 7) is 0.886. The van der Waals surface area contributed by atoms with E-state index in [0.717, 1.165) is 77.0 Å². The third kappa shape index (κ3) is 5.49. The maximum absolute atomic E-state index is 6.50. The lowest BCUT2D eigenvalue weighted by Gasteiger charge is -2.43. The molecule has 0 N–H and O–H groups in total. The van der Waals surface area contributed by atoms with E-state index in [4.69, 9.17) is 37.9 Å². The van der Waals surface area contributed by atoms with Gasteiger partial charge in [0.1, 0.15) is 13.6 Å². The summed E-state index contributed by atoms with van der Waals surface area (Å²) in [4.78, 5) is 0. The van der Waals surface area contributed by atoms with E-state index in [9.17, 15) is 0 Å². The van der Waals surface area contributed by atoms with Gasteiger partial charge in [-0.25, -0.2) is 0 Å². The third-order valence-corrected chi connectivity index (χ3v) is 9.17. The molecule has 3 saturated heterocycles. The van der Waals surface area contributed by atoms with Gasteiger partial charge in [0, 0.05) is 25.9 Å². The van der Waals surface area contributed by atoms with Crippen molar-refractivity contribution in [1.29, 1.82) is 0 Å². The number of methoxy groups -OCH3 is 1. The minimum atomic E-state index is -0.213. The zero-order valence-electron chi connectivity index (χ0n) is 20.5. The molecular weight excluding hydrogens is 440 g/mol. The Morgan fingerprint density at radius 2 is 1.12 bits per heavy atom. The first-order chi connectivity index (χ1) is 16.7. The highest BCUT2D eigenvalue weighted by Crippen LogP contribution is 2.41. The van der Waals surface area contributed by atoms with Gasteiger partial charge in [-0.15, -0.1) is 0 Å². The summed E-state index contributed by atoms with van der Waals surface area (Å²) in [6.07, 6.45) is 13.4. The molecule has 8 atom stereocenters. The third-order valence-electron chi connectivity index (χ3n) is 9.17. The van der Waals surface area contributed by atoms with Gasteiger partial charge in [0.05, 0.1) is 30.5 Å². The Kier molecular flexibility index (Phi) is 7.76. The van der Waals surface area contributed by atoms with Crippen LogP contribution in [0.2, 0.25) is 0 Å². The second-order valence-corrected chi connectivity index (χ2v) is 11.3. The minimum Gasteiger partial charge on any atom is -0.381 e. The van der Waals surface area contributed by atoms with Gasteiger partial charge in [-0.1, -0.05) is 0 Å².